The van der Waals surface area contributed by atoms with E-state index in [1.165, 1.54) is 6.07 Å². The molecule has 120 valence electrons. The number of aryl methyl sites for hydroxylation is 2. The zero-order chi connectivity index (χ0) is 17.1. The normalized spacial score (nSPS) is 12.3. The summed E-state index contributed by atoms with van der Waals surface area (Å²) in [5, 5.41) is 5.89. The van der Waals surface area contributed by atoms with Crippen LogP contribution in [-0.2, 0) is 10.1 Å². The first-order chi connectivity index (χ1) is 11.4. The summed E-state index contributed by atoms with van der Waals surface area (Å²) in [7, 11) is -4.28. The topological polar surface area (TPSA) is 54.4 Å². The van der Waals surface area contributed by atoms with Gasteiger partial charge in [0.25, 0.3) is 10.1 Å². The minimum absolute atomic E-state index is 0.0318. The van der Waals surface area contributed by atoms with Gasteiger partial charge in [-0.15, -0.1) is 0 Å². The minimum atomic E-state index is -4.28. The van der Waals surface area contributed by atoms with Crippen molar-refractivity contribution in [3.63, 3.8) is 0 Å². The molecule has 0 fully saturated rings. The molecule has 0 atom stereocenters. The molecule has 0 amide bonds. The minimum Gasteiger partial charge on any atom is -0.282 e. The molecule has 0 heterocycles. The second-order valence-corrected chi connectivity index (χ2v) is 7.50. The molecule has 0 unspecified atom stereocenters. The number of benzene rings is 4. The van der Waals surface area contributed by atoms with E-state index in [1.54, 1.807) is 6.07 Å². The van der Waals surface area contributed by atoms with Crippen molar-refractivity contribution in [1.82, 2.24) is 0 Å². The van der Waals surface area contributed by atoms with E-state index in [0.717, 1.165) is 38.1 Å². The van der Waals surface area contributed by atoms with Crippen LogP contribution >= 0.6 is 0 Å². The molecule has 1 N–H and O–H groups in total. The Morgan fingerprint density at radius 3 is 2.08 bits per heavy atom. The van der Waals surface area contributed by atoms with Gasteiger partial charge in [0.1, 0.15) is 4.90 Å². The van der Waals surface area contributed by atoms with E-state index in [-0.39, 0.29) is 4.90 Å². The first-order valence-corrected chi connectivity index (χ1v) is 9.14. The van der Waals surface area contributed by atoms with Crippen molar-refractivity contribution in [2.75, 3.05) is 0 Å². The molecule has 0 spiro atoms. The lowest BCUT2D eigenvalue weighted by atomic mass is 9.90. The fraction of sp³-hybridized carbons (Fsp3) is 0.100. The van der Waals surface area contributed by atoms with E-state index in [4.69, 9.17) is 0 Å². The molecule has 0 radical (unpaired) electrons. The van der Waals surface area contributed by atoms with Gasteiger partial charge < -0.3 is 0 Å². The lowest BCUT2D eigenvalue weighted by Crippen LogP contribution is -2.01. The molecule has 24 heavy (non-hydrogen) atoms. The Balaban J connectivity index is 2.35. The van der Waals surface area contributed by atoms with E-state index in [2.05, 4.69) is 12.1 Å². The monoisotopic (exact) mass is 336 g/mol. The van der Waals surface area contributed by atoms with E-state index in [9.17, 15) is 13.0 Å². The summed E-state index contributed by atoms with van der Waals surface area (Å²) in [4.78, 5) is -0.0318. The molecule has 0 aliphatic heterocycles. The molecule has 4 aromatic rings. The van der Waals surface area contributed by atoms with Crippen molar-refractivity contribution in [1.29, 1.82) is 0 Å². The Hall–Kier alpha value is -2.43. The predicted octanol–water partition coefficient (Wildman–Crippen LogP) is 5.01. The number of rotatable bonds is 1. The smallest absolute Gasteiger partial charge is 0.282 e. The quantitative estimate of drug-likeness (QED) is 0.302. The summed E-state index contributed by atoms with van der Waals surface area (Å²) < 4.78 is 33.2. The van der Waals surface area contributed by atoms with Crippen LogP contribution in [0.2, 0.25) is 0 Å². The van der Waals surface area contributed by atoms with Crippen LogP contribution in [0.1, 0.15) is 11.1 Å². The van der Waals surface area contributed by atoms with Gasteiger partial charge in [-0.3, -0.25) is 4.55 Å². The molecule has 0 saturated heterocycles. The first-order valence-electron chi connectivity index (χ1n) is 7.70. The van der Waals surface area contributed by atoms with Gasteiger partial charge in [0.2, 0.25) is 0 Å². The van der Waals surface area contributed by atoms with Crippen LogP contribution in [0.25, 0.3) is 32.3 Å². The van der Waals surface area contributed by atoms with Crippen LogP contribution in [-0.4, -0.2) is 13.0 Å². The van der Waals surface area contributed by atoms with Crippen LogP contribution in [0.4, 0.5) is 0 Å². The average Bonchev–Trinajstić information content (AvgIpc) is 2.57. The van der Waals surface area contributed by atoms with Crippen molar-refractivity contribution in [3.8, 4) is 0 Å². The predicted molar refractivity (Wildman–Crippen MR) is 98.2 cm³/mol. The van der Waals surface area contributed by atoms with Crippen LogP contribution in [0.5, 0.6) is 0 Å². The van der Waals surface area contributed by atoms with Crippen molar-refractivity contribution < 1.29 is 13.0 Å². The first kappa shape index (κ1) is 15.1. The highest BCUT2D eigenvalue weighted by Crippen LogP contribution is 2.38. The van der Waals surface area contributed by atoms with Gasteiger partial charge in [-0.2, -0.15) is 8.42 Å². The summed E-state index contributed by atoms with van der Waals surface area (Å²) in [5.74, 6) is 0. The van der Waals surface area contributed by atoms with E-state index < -0.39 is 10.1 Å². The fourth-order valence-corrected chi connectivity index (χ4v) is 4.47. The Morgan fingerprint density at radius 2 is 1.33 bits per heavy atom. The molecule has 4 rings (SSSR count). The molecule has 0 saturated carbocycles. The summed E-state index contributed by atoms with van der Waals surface area (Å²) in [5.41, 5.74) is 1.89. The Bertz CT molecular complexity index is 1240. The molecule has 0 bridgehead atoms. The lowest BCUT2D eigenvalue weighted by molar-refractivity contribution is 0.484. The van der Waals surface area contributed by atoms with Gasteiger partial charge in [0.05, 0.1) is 0 Å². The zero-order valence-electron chi connectivity index (χ0n) is 13.4. The molecule has 0 aromatic heterocycles. The second kappa shape index (κ2) is 5.03. The van der Waals surface area contributed by atoms with Crippen molar-refractivity contribution in [2.24, 2.45) is 0 Å². The van der Waals surface area contributed by atoms with Gasteiger partial charge in [0.15, 0.2) is 0 Å². The number of hydrogen-bond acceptors (Lipinski definition) is 2. The molecule has 0 aliphatic rings. The number of hydrogen-bond donors (Lipinski definition) is 1. The maximum Gasteiger partial charge on any atom is 0.295 e. The zero-order valence-corrected chi connectivity index (χ0v) is 14.2. The van der Waals surface area contributed by atoms with Crippen molar-refractivity contribution in [3.05, 3.63) is 65.7 Å². The highest BCUT2D eigenvalue weighted by atomic mass is 32.2. The summed E-state index contributed by atoms with van der Waals surface area (Å²) in [6.07, 6.45) is 0. The maximum atomic E-state index is 11.8. The summed E-state index contributed by atoms with van der Waals surface area (Å²) in [6, 6.07) is 17.3. The highest BCUT2D eigenvalue weighted by molar-refractivity contribution is 7.86. The van der Waals surface area contributed by atoms with Gasteiger partial charge in [-0.1, -0.05) is 48.5 Å². The summed E-state index contributed by atoms with van der Waals surface area (Å²) in [6.45, 7) is 3.91. The molecule has 3 nitrogen and oxygen atoms in total. The molecular weight excluding hydrogens is 320 g/mol. The fourth-order valence-electron chi connectivity index (χ4n) is 3.70. The average molecular weight is 336 g/mol. The third-order valence-corrected chi connectivity index (χ3v) is 5.69. The molecule has 0 aliphatic carbocycles. The molecular formula is C20H16O3S. The third kappa shape index (κ3) is 2.04. The molecule has 4 heteroatoms. The second-order valence-electron chi connectivity index (χ2n) is 6.11. The van der Waals surface area contributed by atoms with Crippen LogP contribution in [0.3, 0.4) is 0 Å². The van der Waals surface area contributed by atoms with E-state index in [0.29, 0.717) is 5.39 Å². The Kier molecular flexibility index (Phi) is 3.17. The van der Waals surface area contributed by atoms with Gasteiger partial charge >= 0.3 is 0 Å². The van der Waals surface area contributed by atoms with E-state index >= 15 is 0 Å². The SMILES string of the molecule is Cc1c2ccc3ccccc3c2c(C)c2cccc(S(=O)(=O)O)c12. The molecule has 4 aromatic carbocycles. The Morgan fingerprint density at radius 1 is 0.708 bits per heavy atom. The third-order valence-electron chi connectivity index (χ3n) is 4.79. The van der Waals surface area contributed by atoms with Crippen LogP contribution in [0, 0.1) is 13.8 Å². The lowest BCUT2D eigenvalue weighted by Gasteiger charge is -2.16. The Labute approximate surface area is 140 Å². The number of fused-ring (bicyclic) bond motifs is 4. The van der Waals surface area contributed by atoms with Crippen molar-refractivity contribution in [2.45, 2.75) is 18.7 Å². The standard InChI is InChI=1S/C20H16O3S/c1-12-15-8-5-9-18(24(21,22)23)20(15)13(2)16-11-10-14-6-3-4-7-17(14)19(12)16/h3-11H,1-2H3,(H,21,22,23). The highest BCUT2D eigenvalue weighted by Gasteiger charge is 2.19. The van der Waals surface area contributed by atoms with Crippen LogP contribution in [0.15, 0.2) is 59.5 Å². The van der Waals surface area contributed by atoms with Crippen LogP contribution < -0.4 is 0 Å². The van der Waals surface area contributed by atoms with Crippen molar-refractivity contribution >= 4 is 42.4 Å². The largest absolute Gasteiger partial charge is 0.295 e. The van der Waals surface area contributed by atoms with Gasteiger partial charge in [-0.05, 0) is 58.0 Å². The van der Waals surface area contributed by atoms with Gasteiger partial charge in [0, 0.05) is 5.39 Å². The summed E-state index contributed by atoms with van der Waals surface area (Å²) >= 11 is 0. The maximum absolute atomic E-state index is 11.8. The van der Waals surface area contributed by atoms with E-state index in [1.807, 2.05) is 44.2 Å². The van der Waals surface area contributed by atoms with Gasteiger partial charge in [-0.25, -0.2) is 0 Å².